The molecule has 198 valence electrons. The number of aromatic nitrogens is 1. The molecule has 0 atom stereocenters. The van der Waals surface area contributed by atoms with Gasteiger partial charge in [0.15, 0.2) is 0 Å². The summed E-state index contributed by atoms with van der Waals surface area (Å²) in [5.41, 5.74) is 3.53. The lowest BCUT2D eigenvalue weighted by Crippen LogP contribution is -2.46. The minimum Gasteiger partial charge on any atom is -0.497 e. The number of aromatic amines is 1. The van der Waals surface area contributed by atoms with Gasteiger partial charge < -0.3 is 19.5 Å². The number of rotatable bonds is 10. The number of carbonyl (C=O) groups is 2. The molecule has 0 saturated heterocycles. The van der Waals surface area contributed by atoms with Gasteiger partial charge in [-0.2, -0.15) is 0 Å². The van der Waals surface area contributed by atoms with Crippen LogP contribution in [0.2, 0.25) is 10.0 Å². The molecule has 1 N–H and O–H groups in total. The van der Waals surface area contributed by atoms with E-state index >= 15 is 0 Å². The summed E-state index contributed by atoms with van der Waals surface area (Å²) in [5.74, 6) is 0.316. The van der Waals surface area contributed by atoms with E-state index < -0.39 is 0 Å². The third kappa shape index (κ3) is 6.69. The highest BCUT2D eigenvalue weighted by molar-refractivity contribution is 6.35. The molecule has 0 fully saturated rings. The van der Waals surface area contributed by atoms with Gasteiger partial charge in [-0.1, -0.05) is 53.5 Å². The fourth-order valence-electron chi connectivity index (χ4n) is 4.41. The van der Waals surface area contributed by atoms with Crippen molar-refractivity contribution < 1.29 is 14.3 Å². The molecule has 0 aliphatic heterocycles. The number of nitrogens with one attached hydrogen (secondary N) is 1. The van der Waals surface area contributed by atoms with Gasteiger partial charge in [0.2, 0.25) is 5.91 Å². The number of fused-ring (bicyclic) bond motifs is 1. The first-order valence-electron chi connectivity index (χ1n) is 12.5. The maximum absolute atomic E-state index is 13.7. The van der Waals surface area contributed by atoms with Crippen LogP contribution in [0.3, 0.4) is 0 Å². The molecule has 4 aromatic rings. The normalized spacial score (nSPS) is 11.1. The second kappa shape index (κ2) is 12.4. The number of amides is 2. The molecule has 1 aromatic heterocycles. The summed E-state index contributed by atoms with van der Waals surface area (Å²) in [4.78, 5) is 33.8. The van der Waals surface area contributed by atoms with Crippen LogP contribution >= 0.6 is 23.2 Å². The zero-order valence-electron chi connectivity index (χ0n) is 21.7. The van der Waals surface area contributed by atoms with Crippen molar-refractivity contribution in [2.24, 2.45) is 0 Å². The van der Waals surface area contributed by atoms with E-state index in [4.69, 9.17) is 27.9 Å². The number of hydrogen-bond donors (Lipinski definition) is 1. The molecule has 0 radical (unpaired) electrons. The SMILES string of the molecule is COc1ccc(CN(CCc2c[nH]c3ccccc23)C(=O)CN(C(=O)c2cc(Cl)cc(Cl)c2)C(C)C)cc1. The molecule has 0 spiro atoms. The van der Waals surface area contributed by atoms with Gasteiger partial charge in [0, 0.05) is 51.8 Å². The summed E-state index contributed by atoms with van der Waals surface area (Å²) in [6, 6.07) is 20.3. The monoisotopic (exact) mass is 551 g/mol. The number of methoxy groups -OCH3 is 1. The number of hydrogen-bond acceptors (Lipinski definition) is 3. The van der Waals surface area contributed by atoms with Gasteiger partial charge >= 0.3 is 0 Å². The third-order valence-corrected chi connectivity index (χ3v) is 6.95. The van der Waals surface area contributed by atoms with Crippen LogP contribution in [0, 0.1) is 0 Å². The van der Waals surface area contributed by atoms with Crippen molar-refractivity contribution in [3.05, 3.63) is 99.7 Å². The molecule has 8 heteroatoms. The summed E-state index contributed by atoms with van der Waals surface area (Å²) in [5, 5.41) is 1.88. The molecule has 3 aromatic carbocycles. The van der Waals surface area contributed by atoms with Gasteiger partial charge in [-0.25, -0.2) is 0 Å². The fourth-order valence-corrected chi connectivity index (χ4v) is 4.94. The van der Waals surface area contributed by atoms with Crippen LogP contribution in [0.25, 0.3) is 10.9 Å². The van der Waals surface area contributed by atoms with Crippen molar-refractivity contribution in [2.45, 2.75) is 32.9 Å². The number of halogens is 2. The first-order valence-corrected chi connectivity index (χ1v) is 13.2. The maximum Gasteiger partial charge on any atom is 0.254 e. The molecule has 2 amide bonds. The van der Waals surface area contributed by atoms with E-state index in [1.54, 1.807) is 35.1 Å². The largest absolute Gasteiger partial charge is 0.497 e. The summed E-state index contributed by atoms with van der Waals surface area (Å²) >= 11 is 12.3. The Morgan fingerprint density at radius 2 is 1.66 bits per heavy atom. The summed E-state index contributed by atoms with van der Waals surface area (Å²) in [6.07, 6.45) is 2.67. The lowest BCUT2D eigenvalue weighted by Gasteiger charge is -2.30. The Balaban J connectivity index is 1.56. The van der Waals surface area contributed by atoms with E-state index in [1.807, 2.05) is 62.5 Å². The molecule has 6 nitrogen and oxygen atoms in total. The van der Waals surface area contributed by atoms with E-state index in [2.05, 4.69) is 11.1 Å². The quantitative estimate of drug-likeness (QED) is 0.241. The Morgan fingerprint density at radius 1 is 0.974 bits per heavy atom. The van der Waals surface area contributed by atoms with Crippen LogP contribution in [-0.4, -0.2) is 52.8 Å². The second-order valence-corrected chi connectivity index (χ2v) is 10.3. The smallest absolute Gasteiger partial charge is 0.254 e. The first-order chi connectivity index (χ1) is 18.2. The second-order valence-electron chi connectivity index (χ2n) is 9.46. The molecule has 38 heavy (non-hydrogen) atoms. The van der Waals surface area contributed by atoms with Crippen LogP contribution in [0.5, 0.6) is 5.75 Å². The van der Waals surface area contributed by atoms with E-state index in [9.17, 15) is 9.59 Å². The van der Waals surface area contributed by atoms with Crippen molar-refractivity contribution in [3.63, 3.8) is 0 Å². The molecule has 0 unspecified atom stereocenters. The van der Waals surface area contributed by atoms with Gasteiger partial charge in [0.1, 0.15) is 12.3 Å². The number of ether oxygens (including phenoxy) is 1. The minimum atomic E-state index is -0.293. The van der Waals surface area contributed by atoms with Crippen molar-refractivity contribution in [2.75, 3.05) is 20.2 Å². The van der Waals surface area contributed by atoms with Crippen LogP contribution in [0.1, 0.15) is 35.3 Å². The molecule has 0 bridgehead atoms. The van der Waals surface area contributed by atoms with Crippen molar-refractivity contribution >= 4 is 45.9 Å². The average Bonchev–Trinajstić information content (AvgIpc) is 3.31. The third-order valence-electron chi connectivity index (χ3n) is 6.51. The predicted molar refractivity (Wildman–Crippen MR) is 153 cm³/mol. The molecule has 0 aliphatic rings. The van der Waals surface area contributed by atoms with E-state index in [1.165, 1.54) is 0 Å². The van der Waals surface area contributed by atoms with Gasteiger partial charge in [-0.15, -0.1) is 0 Å². The Hall–Kier alpha value is -3.48. The Morgan fingerprint density at radius 3 is 2.32 bits per heavy atom. The van der Waals surface area contributed by atoms with E-state index in [0.29, 0.717) is 35.1 Å². The Bertz CT molecular complexity index is 1400. The zero-order chi connectivity index (χ0) is 27.2. The molecular formula is C30H31Cl2N3O3. The van der Waals surface area contributed by atoms with Crippen molar-refractivity contribution in [3.8, 4) is 5.75 Å². The number of H-pyrrole nitrogens is 1. The zero-order valence-corrected chi connectivity index (χ0v) is 23.2. The number of benzene rings is 3. The maximum atomic E-state index is 13.7. The number of para-hydroxylation sites is 1. The lowest BCUT2D eigenvalue weighted by atomic mass is 10.1. The molecular weight excluding hydrogens is 521 g/mol. The molecule has 1 heterocycles. The van der Waals surface area contributed by atoms with Gasteiger partial charge in [-0.05, 0) is 67.8 Å². The molecule has 0 aliphatic carbocycles. The number of nitrogens with zero attached hydrogens (tertiary/aromatic N) is 2. The highest BCUT2D eigenvalue weighted by Gasteiger charge is 2.25. The van der Waals surface area contributed by atoms with Crippen molar-refractivity contribution in [1.82, 2.24) is 14.8 Å². The topological polar surface area (TPSA) is 65.6 Å². The van der Waals surface area contributed by atoms with Crippen LogP contribution in [-0.2, 0) is 17.8 Å². The van der Waals surface area contributed by atoms with Crippen LogP contribution in [0.15, 0.2) is 72.9 Å². The summed E-state index contributed by atoms with van der Waals surface area (Å²) < 4.78 is 5.28. The fraction of sp³-hybridized carbons (Fsp3) is 0.267. The van der Waals surface area contributed by atoms with E-state index in [0.717, 1.165) is 27.8 Å². The lowest BCUT2D eigenvalue weighted by molar-refractivity contribution is -0.132. The number of carbonyl (C=O) groups excluding carboxylic acids is 2. The molecule has 4 rings (SSSR count). The standard InChI is InChI=1S/C30H31Cl2N3O3/c1-20(2)35(30(37)23-14-24(31)16-25(32)15-23)19-29(36)34(18-21-8-10-26(38-3)11-9-21)13-12-22-17-33-28-7-5-4-6-27(22)28/h4-11,14-17,20,33H,12-13,18-19H2,1-3H3. The highest BCUT2D eigenvalue weighted by atomic mass is 35.5. The summed E-state index contributed by atoms with van der Waals surface area (Å²) in [6.45, 7) is 4.61. The first kappa shape index (κ1) is 27.6. The molecule has 0 saturated carbocycles. The Labute approximate surface area is 233 Å². The van der Waals surface area contributed by atoms with E-state index in [-0.39, 0.29) is 24.4 Å². The summed E-state index contributed by atoms with van der Waals surface area (Å²) in [7, 11) is 1.62. The predicted octanol–water partition coefficient (Wildman–Crippen LogP) is 6.61. The van der Waals surface area contributed by atoms with Gasteiger partial charge in [0.25, 0.3) is 5.91 Å². The van der Waals surface area contributed by atoms with Gasteiger partial charge in [0.05, 0.1) is 7.11 Å². The highest BCUT2D eigenvalue weighted by Crippen LogP contribution is 2.22. The van der Waals surface area contributed by atoms with Gasteiger partial charge in [-0.3, -0.25) is 9.59 Å². The Kier molecular flexibility index (Phi) is 8.97. The average molecular weight is 553 g/mol. The van der Waals surface area contributed by atoms with Crippen LogP contribution in [0.4, 0.5) is 0 Å². The van der Waals surface area contributed by atoms with Crippen molar-refractivity contribution in [1.29, 1.82) is 0 Å². The van der Waals surface area contributed by atoms with Crippen LogP contribution < -0.4 is 4.74 Å². The minimum absolute atomic E-state index is 0.0648.